The summed E-state index contributed by atoms with van der Waals surface area (Å²) in [5, 5.41) is 0.0763. The summed E-state index contributed by atoms with van der Waals surface area (Å²) in [5.74, 6) is 0.693. The van der Waals surface area contributed by atoms with Crippen molar-refractivity contribution in [2.75, 3.05) is 6.61 Å². The standard InChI is InChI=1S/C8H8ClNO/c9-7-3-5-11-8-6(7)2-1-4-10-8/h1-2,4,7H,3,5H2. The first-order valence-corrected chi connectivity index (χ1v) is 4.03. The van der Waals surface area contributed by atoms with Gasteiger partial charge >= 0.3 is 0 Å². The van der Waals surface area contributed by atoms with Gasteiger partial charge in [-0.25, -0.2) is 4.98 Å². The number of hydrogen-bond acceptors (Lipinski definition) is 2. The highest BCUT2D eigenvalue weighted by Crippen LogP contribution is 2.33. The van der Waals surface area contributed by atoms with E-state index in [1.165, 1.54) is 0 Å². The molecule has 2 heterocycles. The second kappa shape index (κ2) is 2.70. The molecule has 0 radical (unpaired) electrons. The summed E-state index contributed by atoms with van der Waals surface area (Å²) >= 11 is 6.03. The van der Waals surface area contributed by atoms with Crippen molar-refractivity contribution in [1.29, 1.82) is 0 Å². The van der Waals surface area contributed by atoms with Crippen molar-refractivity contribution >= 4 is 11.6 Å². The van der Waals surface area contributed by atoms with E-state index in [2.05, 4.69) is 4.98 Å². The normalized spacial score (nSPS) is 22.1. The highest BCUT2D eigenvalue weighted by Gasteiger charge is 2.19. The number of fused-ring (bicyclic) bond motifs is 1. The minimum absolute atomic E-state index is 0.0763. The van der Waals surface area contributed by atoms with Crippen LogP contribution in [0.5, 0.6) is 5.88 Å². The number of rotatable bonds is 0. The molecule has 0 spiro atoms. The third-order valence-corrected chi connectivity index (χ3v) is 2.20. The first kappa shape index (κ1) is 6.92. The number of nitrogens with zero attached hydrogens (tertiary/aromatic N) is 1. The second-order valence-electron chi connectivity index (χ2n) is 2.50. The first-order chi connectivity index (χ1) is 5.38. The molecule has 0 saturated heterocycles. The molecule has 1 aliphatic heterocycles. The van der Waals surface area contributed by atoms with E-state index in [9.17, 15) is 0 Å². The van der Waals surface area contributed by atoms with Crippen LogP contribution in [0.3, 0.4) is 0 Å². The molecule has 1 aromatic heterocycles. The number of pyridine rings is 1. The average Bonchev–Trinajstić information content (AvgIpc) is 2.06. The largest absolute Gasteiger partial charge is 0.477 e. The molecular formula is C8H8ClNO. The summed E-state index contributed by atoms with van der Waals surface area (Å²) in [6.45, 7) is 0.679. The molecule has 0 bridgehead atoms. The van der Waals surface area contributed by atoms with Gasteiger partial charge in [-0.3, -0.25) is 0 Å². The van der Waals surface area contributed by atoms with Crippen LogP contribution in [0.1, 0.15) is 17.4 Å². The summed E-state index contributed by atoms with van der Waals surface area (Å²) in [4.78, 5) is 4.06. The molecule has 1 aromatic rings. The van der Waals surface area contributed by atoms with E-state index >= 15 is 0 Å². The third-order valence-electron chi connectivity index (χ3n) is 1.75. The van der Waals surface area contributed by atoms with Crippen molar-refractivity contribution in [3.05, 3.63) is 23.9 Å². The minimum atomic E-state index is 0.0763. The van der Waals surface area contributed by atoms with Crippen LogP contribution in [0.2, 0.25) is 0 Å². The zero-order chi connectivity index (χ0) is 7.68. The lowest BCUT2D eigenvalue weighted by molar-refractivity contribution is 0.273. The quantitative estimate of drug-likeness (QED) is 0.556. The summed E-state index contributed by atoms with van der Waals surface area (Å²) in [6, 6.07) is 3.84. The monoisotopic (exact) mass is 169 g/mol. The van der Waals surface area contributed by atoms with Gasteiger partial charge in [0.1, 0.15) is 0 Å². The van der Waals surface area contributed by atoms with Crippen LogP contribution in [0, 0.1) is 0 Å². The maximum Gasteiger partial charge on any atom is 0.218 e. The summed E-state index contributed by atoms with van der Waals surface area (Å²) in [5.41, 5.74) is 1.01. The van der Waals surface area contributed by atoms with E-state index in [1.54, 1.807) is 6.20 Å². The molecular weight excluding hydrogens is 162 g/mol. The van der Waals surface area contributed by atoms with Gasteiger partial charge in [0.2, 0.25) is 5.88 Å². The maximum atomic E-state index is 6.03. The number of halogens is 1. The van der Waals surface area contributed by atoms with Gasteiger partial charge in [0.25, 0.3) is 0 Å². The smallest absolute Gasteiger partial charge is 0.218 e. The molecule has 2 rings (SSSR count). The van der Waals surface area contributed by atoms with Gasteiger partial charge in [-0.2, -0.15) is 0 Å². The molecule has 1 aliphatic rings. The van der Waals surface area contributed by atoms with Crippen molar-refractivity contribution in [1.82, 2.24) is 4.98 Å². The van der Waals surface area contributed by atoms with Crippen LogP contribution in [0.15, 0.2) is 18.3 Å². The van der Waals surface area contributed by atoms with Crippen LogP contribution in [-0.2, 0) is 0 Å². The van der Waals surface area contributed by atoms with E-state index in [4.69, 9.17) is 16.3 Å². The highest BCUT2D eigenvalue weighted by molar-refractivity contribution is 6.21. The molecule has 58 valence electrons. The topological polar surface area (TPSA) is 22.1 Å². The Morgan fingerprint density at radius 1 is 1.64 bits per heavy atom. The van der Waals surface area contributed by atoms with Crippen molar-refractivity contribution in [3.63, 3.8) is 0 Å². The van der Waals surface area contributed by atoms with E-state index in [1.807, 2.05) is 12.1 Å². The van der Waals surface area contributed by atoms with E-state index in [0.29, 0.717) is 12.5 Å². The van der Waals surface area contributed by atoms with Crippen molar-refractivity contribution < 1.29 is 4.74 Å². The summed E-state index contributed by atoms with van der Waals surface area (Å²) in [7, 11) is 0. The Morgan fingerprint density at radius 3 is 3.36 bits per heavy atom. The van der Waals surface area contributed by atoms with Gasteiger partial charge in [-0.05, 0) is 6.07 Å². The van der Waals surface area contributed by atoms with E-state index in [-0.39, 0.29) is 5.38 Å². The zero-order valence-corrected chi connectivity index (χ0v) is 6.71. The maximum absolute atomic E-state index is 6.03. The number of hydrogen-bond donors (Lipinski definition) is 0. The van der Waals surface area contributed by atoms with Crippen molar-refractivity contribution in [2.45, 2.75) is 11.8 Å². The van der Waals surface area contributed by atoms with E-state index in [0.717, 1.165) is 12.0 Å². The molecule has 1 unspecified atom stereocenters. The molecule has 0 fully saturated rings. The first-order valence-electron chi connectivity index (χ1n) is 3.60. The average molecular weight is 170 g/mol. The molecule has 0 saturated carbocycles. The molecule has 2 nitrogen and oxygen atoms in total. The van der Waals surface area contributed by atoms with Gasteiger partial charge in [0, 0.05) is 18.2 Å². The lowest BCUT2D eigenvalue weighted by Gasteiger charge is -2.19. The lowest BCUT2D eigenvalue weighted by Crippen LogP contribution is -2.11. The van der Waals surface area contributed by atoms with Crippen molar-refractivity contribution in [3.8, 4) is 5.88 Å². The Balaban J connectivity index is 2.44. The van der Waals surface area contributed by atoms with E-state index < -0.39 is 0 Å². The Labute approximate surface area is 70.2 Å². The predicted molar refractivity (Wildman–Crippen MR) is 42.9 cm³/mol. The Hall–Kier alpha value is -0.760. The Morgan fingerprint density at radius 2 is 2.55 bits per heavy atom. The minimum Gasteiger partial charge on any atom is -0.477 e. The fourth-order valence-electron chi connectivity index (χ4n) is 1.18. The Kier molecular flexibility index (Phi) is 1.70. The number of alkyl halides is 1. The van der Waals surface area contributed by atoms with Crippen LogP contribution >= 0.6 is 11.6 Å². The summed E-state index contributed by atoms with van der Waals surface area (Å²) in [6.07, 6.45) is 2.59. The van der Waals surface area contributed by atoms with Gasteiger partial charge in [0.05, 0.1) is 12.0 Å². The highest BCUT2D eigenvalue weighted by atomic mass is 35.5. The van der Waals surface area contributed by atoms with Gasteiger partial charge in [-0.15, -0.1) is 11.6 Å². The third kappa shape index (κ3) is 1.18. The zero-order valence-electron chi connectivity index (χ0n) is 5.96. The SMILES string of the molecule is ClC1CCOc2ncccc21. The Bertz CT molecular complexity index is 264. The fourth-order valence-corrected chi connectivity index (χ4v) is 1.43. The van der Waals surface area contributed by atoms with Crippen molar-refractivity contribution in [2.24, 2.45) is 0 Å². The van der Waals surface area contributed by atoms with Gasteiger partial charge in [-0.1, -0.05) is 6.07 Å². The lowest BCUT2D eigenvalue weighted by atomic mass is 10.1. The molecule has 11 heavy (non-hydrogen) atoms. The van der Waals surface area contributed by atoms with Crippen LogP contribution in [0.4, 0.5) is 0 Å². The molecule has 0 aliphatic carbocycles. The number of ether oxygens (including phenoxy) is 1. The number of aromatic nitrogens is 1. The van der Waals surface area contributed by atoms with Crippen LogP contribution in [0.25, 0.3) is 0 Å². The van der Waals surface area contributed by atoms with Crippen LogP contribution < -0.4 is 4.74 Å². The summed E-state index contributed by atoms with van der Waals surface area (Å²) < 4.78 is 5.30. The molecule has 1 atom stereocenters. The van der Waals surface area contributed by atoms with Gasteiger partial charge < -0.3 is 4.74 Å². The predicted octanol–water partition coefficient (Wildman–Crippen LogP) is 2.14. The molecule has 0 amide bonds. The molecule has 3 heteroatoms. The fraction of sp³-hybridized carbons (Fsp3) is 0.375. The van der Waals surface area contributed by atoms with Crippen LogP contribution in [-0.4, -0.2) is 11.6 Å². The molecule has 0 N–H and O–H groups in total. The molecule has 0 aromatic carbocycles. The second-order valence-corrected chi connectivity index (χ2v) is 3.03. The van der Waals surface area contributed by atoms with Gasteiger partial charge in [0.15, 0.2) is 0 Å².